The predicted molar refractivity (Wildman–Crippen MR) is 113 cm³/mol. The zero-order chi connectivity index (χ0) is 22.4. The molecule has 8 heteroatoms. The van der Waals surface area contributed by atoms with Crippen molar-refractivity contribution in [2.45, 2.75) is 19.1 Å². The molecule has 2 aromatic carbocycles. The Morgan fingerprint density at radius 1 is 1.10 bits per heavy atom. The van der Waals surface area contributed by atoms with Gasteiger partial charge in [0, 0.05) is 38.8 Å². The first-order valence-corrected chi connectivity index (χ1v) is 10.2. The van der Waals surface area contributed by atoms with Gasteiger partial charge in [-0.15, -0.1) is 0 Å². The highest BCUT2D eigenvalue weighted by molar-refractivity contribution is 6.31. The van der Waals surface area contributed by atoms with E-state index in [1.807, 2.05) is 12.1 Å². The summed E-state index contributed by atoms with van der Waals surface area (Å²) in [4.78, 5) is 16.5. The molecular formula is C23H21ClF3N3O. The second kappa shape index (κ2) is 9.99. The Labute approximate surface area is 184 Å². The van der Waals surface area contributed by atoms with Gasteiger partial charge in [-0.25, -0.2) is 0 Å². The van der Waals surface area contributed by atoms with Crippen molar-refractivity contribution in [3.8, 4) is 6.07 Å². The van der Waals surface area contributed by atoms with Crippen LogP contribution < -0.4 is 0 Å². The molecule has 4 nitrogen and oxygen atoms in total. The number of amides is 1. The largest absolute Gasteiger partial charge is 0.417 e. The number of hydrogen-bond donors (Lipinski definition) is 0. The quantitative estimate of drug-likeness (QED) is 0.621. The molecule has 1 aliphatic rings. The fourth-order valence-electron chi connectivity index (χ4n) is 3.43. The van der Waals surface area contributed by atoms with Gasteiger partial charge < -0.3 is 4.90 Å². The molecule has 31 heavy (non-hydrogen) atoms. The van der Waals surface area contributed by atoms with Crippen LogP contribution in [0.2, 0.25) is 5.02 Å². The molecule has 162 valence electrons. The molecular weight excluding hydrogens is 427 g/mol. The van der Waals surface area contributed by atoms with Crippen LogP contribution in [0.3, 0.4) is 0 Å². The lowest BCUT2D eigenvalue weighted by Gasteiger charge is -2.21. The highest BCUT2D eigenvalue weighted by Crippen LogP contribution is 2.35. The minimum absolute atomic E-state index is 0.233. The van der Waals surface area contributed by atoms with Gasteiger partial charge in [0.2, 0.25) is 5.91 Å². The van der Waals surface area contributed by atoms with Crippen LogP contribution in [-0.4, -0.2) is 41.9 Å². The summed E-state index contributed by atoms with van der Waals surface area (Å²) in [6.07, 6.45) is -1.06. The van der Waals surface area contributed by atoms with Crippen LogP contribution in [-0.2, 0) is 17.5 Å². The van der Waals surface area contributed by atoms with Crippen molar-refractivity contribution in [2.75, 3.05) is 26.2 Å². The Kier molecular flexibility index (Phi) is 7.37. The van der Waals surface area contributed by atoms with E-state index in [-0.39, 0.29) is 16.5 Å². The zero-order valence-electron chi connectivity index (χ0n) is 16.7. The summed E-state index contributed by atoms with van der Waals surface area (Å²) in [5, 5.41) is 8.52. The second-order valence-corrected chi connectivity index (χ2v) is 7.74. The maximum absolute atomic E-state index is 13.0. The molecule has 0 saturated carbocycles. The molecule has 0 unspecified atom stereocenters. The summed E-state index contributed by atoms with van der Waals surface area (Å²) in [5.41, 5.74) is 1.06. The number of benzene rings is 2. The van der Waals surface area contributed by atoms with Crippen LogP contribution >= 0.6 is 11.6 Å². The normalized spacial score (nSPS) is 15.6. The summed E-state index contributed by atoms with van der Waals surface area (Å²) in [5.74, 6) is -0.233. The van der Waals surface area contributed by atoms with Gasteiger partial charge >= 0.3 is 6.18 Å². The van der Waals surface area contributed by atoms with Gasteiger partial charge in [-0.05, 0) is 47.9 Å². The number of nitrogens with zero attached hydrogens (tertiary/aromatic N) is 3. The van der Waals surface area contributed by atoms with Gasteiger partial charge in [-0.3, -0.25) is 9.69 Å². The fraction of sp³-hybridized carbons (Fsp3) is 0.304. The summed E-state index contributed by atoms with van der Waals surface area (Å²) in [6, 6.07) is 13.1. The van der Waals surface area contributed by atoms with Gasteiger partial charge in [-0.2, -0.15) is 18.4 Å². The Morgan fingerprint density at radius 3 is 2.52 bits per heavy atom. The van der Waals surface area contributed by atoms with Crippen LogP contribution in [0, 0.1) is 11.3 Å². The van der Waals surface area contributed by atoms with E-state index in [0.717, 1.165) is 31.1 Å². The molecule has 0 N–H and O–H groups in total. The first-order valence-electron chi connectivity index (χ1n) is 9.81. The number of hydrogen-bond acceptors (Lipinski definition) is 3. The molecule has 1 aliphatic heterocycles. The van der Waals surface area contributed by atoms with E-state index in [1.54, 1.807) is 17.0 Å². The molecule has 1 saturated heterocycles. The first-order chi connectivity index (χ1) is 14.8. The molecule has 1 fully saturated rings. The van der Waals surface area contributed by atoms with Crippen LogP contribution in [0.15, 0.2) is 48.5 Å². The average molecular weight is 448 g/mol. The van der Waals surface area contributed by atoms with E-state index in [9.17, 15) is 18.0 Å². The topological polar surface area (TPSA) is 47.3 Å². The molecule has 0 aliphatic carbocycles. The van der Waals surface area contributed by atoms with Crippen molar-refractivity contribution < 1.29 is 18.0 Å². The second-order valence-electron chi connectivity index (χ2n) is 7.33. The molecule has 0 bridgehead atoms. The van der Waals surface area contributed by atoms with Crippen LogP contribution in [0.5, 0.6) is 0 Å². The minimum Gasteiger partial charge on any atom is -0.338 e. The summed E-state index contributed by atoms with van der Waals surface area (Å²) >= 11 is 5.63. The lowest BCUT2D eigenvalue weighted by molar-refractivity contribution is -0.137. The fourth-order valence-corrected chi connectivity index (χ4v) is 3.65. The van der Waals surface area contributed by atoms with E-state index in [1.165, 1.54) is 24.3 Å². The number of nitriles is 1. The molecule has 1 amide bonds. The maximum Gasteiger partial charge on any atom is 0.417 e. The number of rotatable bonds is 4. The average Bonchev–Trinajstić information content (AvgIpc) is 2.98. The Morgan fingerprint density at radius 2 is 1.84 bits per heavy atom. The van der Waals surface area contributed by atoms with Crippen LogP contribution in [0.1, 0.15) is 28.7 Å². The van der Waals surface area contributed by atoms with Crippen LogP contribution in [0.25, 0.3) is 6.08 Å². The highest BCUT2D eigenvalue weighted by Gasteiger charge is 2.33. The standard InChI is InChI=1S/C23H21ClF3N3O/c24-21-8-6-17(14-20(21)23(25,26)27)7-9-22(31)30-11-1-10-29(12-13-30)16-19-4-2-18(15-28)3-5-19/h2-9,14H,1,10-13,16H2/b9-7+. The monoisotopic (exact) mass is 447 g/mol. The van der Waals surface area contributed by atoms with E-state index in [2.05, 4.69) is 11.0 Å². The zero-order valence-corrected chi connectivity index (χ0v) is 17.5. The minimum atomic E-state index is -4.55. The van der Waals surface area contributed by atoms with E-state index in [4.69, 9.17) is 16.9 Å². The predicted octanol–water partition coefficient (Wildman–Crippen LogP) is 4.98. The lowest BCUT2D eigenvalue weighted by atomic mass is 10.1. The Balaban J connectivity index is 1.58. The Hall–Kier alpha value is -2.82. The SMILES string of the molecule is N#Cc1ccc(CN2CCCN(C(=O)/C=C/c3ccc(Cl)c(C(F)(F)F)c3)CC2)cc1. The van der Waals surface area contributed by atoms with Crippen molar-refractivity contribution in [1.82, 2.24) is 9.80 Å². The molecule has 0 radical (unpaired) electrons. The van der Waals surface area contributed by atoms with Gasteiger partial charge in [0.25, 0.3) is 0 Å². The number of alkyl halides is 3. The summed E-state index contributed by atoms with van der Waals surface area (Å²) in [7, 11) is 0. The van der Waals surface area contributed by atoms with E-state index >= 15 is 0 Å². The van der Waals surface area contributed by atoms with Crippen molar-refractivity contribution in [3.63, 3.8) is 0 Å². The van der Waals surface area contributed by atoms with Crippen molar-refractivity contribution >= 4 is 23.6 Å². The van der Waals surface area contributed by atoms with Gasteiger partial charge in [0.15, 0.2) is 0 Å². The smallest absolute Gasteiger partial charge is 0.338 e. The maximum atomic E-state index is 13.0. The van der Waals surface area contributed by atoms with Crippen molar-refractivity contribution in [3.05, 3.63) is 75.8 Å². The third-order valence-corrected chi connectivity index (χ3v) is 5.43. The molecule has 0 aromatic heterocycles. The number of halogens is 4. The van der Waals surface area contributed by atoms with E-state index < -0.39 is 11.7 Å². The molecule has 1 heterocycles. The molecule has 0 atom stereocenters. The van der Waals surface area contributed by atoms with Gasteiger partial charge in [0.1, 0.15) is 0 Å². The first kappa shape index (κ1) is 22.9. The van der Waals surface area contributed by atoms with E-state index in [0.29, 0.717) is 25.2 Å². The van der Waals surface area contributed by atoms with Gasteiger partial charge in [0.05, 0.1) is 22.2 Å². The lowest BCUT2D eigenvalue weighted by Crippen LogP contribution is -2.34. The third kappa shape index (κ3) is 6.33. The van der Waals surface area contributed by atoms with Crippen molar-refractivity contribution in [1.29, 1.82) is 5.26 Å². The third-order valence-electron chi connectivity index (χ3n) is 5.10. The molecule has 3 rings (SSSR count). The van der Waals surface area contributed by atoms with Crippen LogP contribution in [0.4, 0.5) is 13.2 Å². The number of carbonyl (C=O) groups is 1. The molecule has 2 aromatic rings. The summed E-state index contributed by atoms with van der Waals surface area (Å²) < 4.78 is 39.0. The van der Waals surface area contributed by atoms with Crippen molar-refractivity contribution in [2.24, 2.45) is 0 Å². The molecule has 0 spiro atoms. The number of carbonyl (C=O) groups excluding carboxylic acids is 1. The van der Waals surface area contributed by atoms with Gasteiger partial charge in [-0.1, -0.05) is 29.8 Å². The summed E-state index contributed by atoms with van der Waals surface area (Å²) in [6.45, 7) is 3.38. The Bertz CT molecular complexity index is 997. The highest BCUT2D eigenvalue weighted by atomic mass is 35.5.